The topological polar surface area (TPSA) is 94.2 Å². The van der Waals surface area contributed by atoms with Crippen LogP contribution in [0.15, 0.2) is 29.3 Å². The number of allylic oxidation sites excluding steroid dienone is 1. The second-order valence-corrected chi connectivity index (χ2v) is 9.64. The number of fused-ring (bicyclic) bond motifs is 4. The zero-order chi connectivity index (χ0) is 24.7. The number of carbonyl (C=O) groups excluding carboxylic acids is 3. The van der Waals surface area contributed by atoms with Crippen LogP contribution in [0.25, 0.3) is 5.57 Å². The lowest BCUT2D eigenvalue weighted by atomic mass is 10.0. The van der Waals surface area contributed by atoms with Gasteiger partial charge in [0, 0.05) is 17.4 Å². The number of rotatable bonds is 4. The molecular formula is C25H33BrN2O6. The fourth-order valence-electron chi connectivity index (χ4n) is 4.32. The molecule has 1 aromatic carbocycles. The number of nitrogens with one attached hydrogen (secondary N) is 1. The first-order valence-corrected chi connectivity index (χ1v) is 12.5. The molecule has 9 heteroatoms. The Bertz CT molecular complexity index is 921. The van der Waals surface area contributed by atoms with Crippen molar-refractivity contribution in [2.75, 3.05) is 20.3 Å². The lowest BCUT2D eigenvalue weighted by Crippen LogP contribution is -2.52. The van der Waals surface area contributed by atoms with E-state index in [4.69, 9.17) is 14.2 Å². The smallest absolute Gasteiger partial charge is 0.407 e. The number of esters is 1. The number of nitrogens with zero attached hydrogens (tertiary/aromatic N) is 1. The van der Waals surface area contributed by atoms with Gasteiger partial charge in [-0.1, -0.05) is 42.3 Å². The van der Waals surface area contributed by atoms with E-state index in [1.807, 2.05) is 25.1 Å². The summed E-state index contributed by atoms with van der Waals surface area (Å²) in [6, 6.07) is 4.45. The van der Waals surface area contributed by atoms with Crippen molar-refractivity contribution in [3.63, 3.8) is 0 Å². The zero-order valence-corrected chi connectivity index (χ0v) is 21.4. The highest BCUT2D eigenvalue weighted by molar-refractivity contribution is 9.10. The first kappa shape index (κ1) is 26.2. The Hall–Kier alpha value is -2.39. The summed E-state index contributed by atoms with van der Waals surface area (Å²) in [6.07, 6.45) is 2.69. The molecule has 1 saturated heterocycles. The Morgan fingerprint density at radius 1 is 1.32 bits per heavy atom. The van der Waals surface area contributed by atoms with Crippen LogP contribution in [0.1, 0.15) is 56.6 Å². The molecule has 2 aliphatic rings. The van der Waals surface area contributed by atoms with Crippen molar-refractivity contribution >= 4 is 39.5 Å². The van der Waals surface area contributed by atoms with Crippen molar-refractivity contribution in [1.29, 1.82) is 0 Å². The molecule has 34 heavy (non-hydrogen) atoms. The molecule has 2 amide bonds. The van der Waals surface area contributed by atoms with Gasteiger partial charge in [-0.3, -0.25) is 4.79 Å². The number of benzene rings is 1. The number of halogens is 1. The van der Waals surface area contributed by atoms with Crippen molar-refractivity contribution in [3.8, 4) is 0 Å². The Labute approximate surface area is 209 Å². The van der Waals surface area contributed by atoms with Gasteiger partial charge >= 0.3 is 12.1 Å². The van der Waals surface area contributed by atoms with Crippen LogP contribution in [0.2, 0.25) is 0 Å². The van der Waals surface area contributed by atoms with E-state index < -0.39 is 24.1 Å². The molecule has 0 radical (unpaired) electrons. The number of hydrogen-bond donors (Lipinski definition) is 1. The van der Waals surface area contributed by atoms with Crippen LogP contribution in [0.4, 0.5) is 4.79 Å². The van der Waals surface area contributed by atoms with Crippen LogP contribution in [0.3, 0.4) is 0 Å². The predicted molar refractivity (Wildman–Crippen MR) is 131 cm³/mol. The van der Waals surface area contributed by atoms with Gasteiger partial charge in [0.1, 0.15) is 12.1 Å². The lowest BCUT2D eigenvalue weighted by molar-refractivity contribution is -0.151. The number of alkyl carbamates (subject to hydrolysis) is 1. The maximum absolute atomic E-state index is 13.4. The molecule has 1 aromatic rings. The summed E-state index contributed by atoms with van der Waals surface area (Å²) < 4.78 is 17.3. The minimum absolute atomic E-state index is 0.208. The van der Waals surface area contributed by atoms with E-state index in [0.717, 1.165) is 34.0 Å². The van der Waals surface area contributed by atoms with Gasteiger partial charge in [-0.15, -0.1) is 0 Å². The predicted octanol–water partition coefficient (Wildman–Crippen LogP) is 4.20. The van der Waals surface area contributed by atoms with E-state index in [1.165, 1.54) is 12.0 Å². The van der Waals surface area contributed by atoms with Crippen LogP contribution < -0.4 is 5.32 Å². The highest BCUT2D eigenvalue weighted by Crippen LogP contribution is 2.27. The van der Waals surface area contributed by atoms with Gasteiger partial charge in [0.25, 0.3) is 0 Å². The molecule has 0 saturated carbocycles. The summed E-state index contributed by atoms with van der Waals surface area (Å²) in [5.41, 5.74) is 2.88. The average molecular weight is 537 g/mol. The number of hydrogen-bond acceptors (Lipinski definition) is 6. The first-order valence-electron chi connectivity index (χ1n) is 11.7. The highest BCUT2D eigenvalue weighted by atomic mass is 79.9. The second kappa shape index (κ2) is 12.4. The largest absolute Gasteiger partial charge is 0.467 e. The summed E-state index contributed by atoms with van der Waals surface area (Å²) in [4.78, 5) is 39.8. The third-order valence-corrected chi connectivity index (χ3v) is 6.62. The number of amides is 2. The lowest BCUT2D eigenvalue weighted by Gasteiger charge is -2.27. The number of ether oxygens (including phenoxy) is 3. The minimum atomic E-state index is -0.782. The quantitative estimate of drug-likeness (QED) is 0.579. The van der Waals surface area contributed by atoms with Crippen molar-refractivity contribution in [2.24, 2.45) is 0 Å². The molecule has 0 unspecified atom stereocenters. The molecule has 0 aromatic heterocycles. The summed E-state index contributed by atoms with van der Waals surface area (Å²) in [6.45, 7) is 6.97. The molecule has 0 aliphatic carbocycles. The van der Waals surface area contributed by atoms with Gasteiger partial charge in [-0.2, -0.15) is 0 Å². The normalized spacial score (nSPS) is 24.3. The Kier molecular flexibility index (Phi) is 9.53. The van der Waals surface area contributed by atoms with Crippen LogP contribution in [-0.4, -0.2) is 61.3 Å². The van der Waals surface area contributed by atoms with Gasteiger partial charge in [-0.05, 0) is 54.2 Å². The van der Waals surface area contributed by atoms with Crippen molar-refractivity contribution in [3.05, 3.63) is 40.4 Å². The number of methoxy groups -OCH3 is 1. The summed E-state index contributed by atoms with van der Waals surface area (Å²) in [5.74, 6) is -0.818. The summed E-state index contributed by atoms with van der Waals surface area (Å²) in [7, 11) is 1.30. The van der Waals surface area contributed by atoms with Crippen LogP contribution >= 0.6 is 15.9 Å². The molecule has 0 spiro atoms. The van der Waals surface area contributed by atoms with Crippen LogP contribution in [0, 0.1) is 0 Å². The van der Waals surface area contributed by atoms with Gasteiger partial charge in [0.05, 0.1) is 26.4 Å². The van der Waals surface area contributed by atoms with Crippen LogP contribution in [0.5, 0.6) is 0 Å². The Morgan fingerprint density at radius 2 is 2.12 bits per heavy atom. The molecule has 4 bridgehead atoms. The molecule has 3 rings (SSSR count). The Morgan fingerprint density at radius 3 is 2.85 bits per heavy atom. The molecule has 1 fully saturated rings. The van der Waals surface area contributed by atoms with Crippen molar-refractivity contribution < 1.29 is 28.6 Å². The molecule has 8 nitrogen and oxygen atoms in total. The molecule has 1 N–H and O–H groups in total. The standard InChI is InChI=1S/C25H33BrN2O6/c1-4-5-8-21-23(29)28-14-20(13-22(28)24(30)32-3)34-15-17-10-18(12-19(26)11-17)16(2)7-6-9-33-25(31)27-21/h10-12,20-22H,2,4-9,13-15H2,1,3H3,(H,27,31)/t20-,21+,22+/m1/s1. The van der Waals surface area contributed by atoms with E-state index in [-0.39, 0.29) is 25.2 Å². The van der Waals surface area contributed by atoms with Crippen molar-refractivity contribution in [2.45, 2.75) is 70.2 Å². The fraction of sp³-hybridized carbons (Fsp3) is 0.560. The molecule has 2 heterocycles. The van der Waals surface area contributed by atoms with E-state index in [0.29, 0.717) is 32.3 Å². The Balaban J connectivity index is 1.88. The minimum Gasteiger partial charge on any atom is -0.467 e. The van der Waals surface area contributed by atoms with Gasteiger partial charge in [0.15, 0.2) is 0 Å². The summed E-state index contributed by atoms with van der Waals surface area (Å²) >= 11 is 3.55. The molecule has 2 aliphatic heterocycles. The average Bonchev–Trinajstić information content (AvgIpc) is 3.25. The van der Waals surface area contributed by atoms with Gasteiger partial charge < -0.3 is 24.4 Å². The number of unbranched alkanes of at least 4 members (excludes halogenated alkanes) is 1. The van der Waals surface area contributed by atoms with E-state index >= 15 is 0 Å². The highest BCUT2D eigenvalue weighted by Gasteiger charge is 2.43. The summed E-state index contributed by atoms with van der Waals surface area (Å²) in [5, 5.41) is 2.71. The van der Waals surface area contributed by atoms with Gasteiger partial charge in [-0.25, -0.2) is 9.59 Å². The maximum atomic E-state index is 13.4. The molecule has 3 atom stereocenters. The van der Waals surface area contributed by atoms with E-state index in [9.17, 15) is 14.4 Å². The first-order chi connectivity index (χ1) is 16.3. The zero-order valence-electron chi connectivity index (χ0n) is 19.8. The second-order valence-electron chi connectivity index (χ2n) is 8.73. The third kappa shape index (κ3) is 6.82. The van der Waals surface area contributed by atoms with Gasteiger partial charge in [0.2, 0.25) is 5.91 Å². The third-order valence-electron chi connectivity index (χ3n) is 6.16. The number of carbonyl (C=O) groups is 3. The van der Waals surface area contributed by atoms with Crippen molar-refractivity contribution in [1.82, 2.24) is 10.2 Å². The maximum Gasteiger partial charge on any atom is 0.407 e. The van der Waals surface area contributed by atoms with E-state index in [2.05, 4.69) is 27.8 Å². The molecule has 186 valence electrons. The molecular weight excluding hydrogens is 504 g/mol. The number of cyclic esters (lactones) is 1. The SMILES string of the molecule is C=C1CCCOC(=O)N[C@@H](CCCC)C(=O)N2C[C@@H](C[C@H]2C(=O)OC)OCc2cc(Br)cc1c2. The fourth-order valence-corrected chi connectivity index (χ4v) is 4.86. The van der Waals surface area contributed by atoms with Crippen LogP contribution in [-0.2, 0) is 30.4 Å². The van der Waals surface area contributed by atoms with E-state index in [1.54, 1.807) is 0 Å². The monoisotopic (exact) mass is 536 g/mol.